The molecule has 0 bridgehead atoms. The first-order valence-electron chi connectivity index (χ1n) is 7.57. The second-order valence-corrected chi connectivity index (χ2v) is 5.75. The molecule has 2 nitrogen and oxygen atoms in total. The molecular formula is C17H30N2. The molecule has 0 fully saturated rings. The SMILES string of the molecule is CCCC(C)N(C)c1ccc(C)cc1CC(N)CC. The highest BCUT2D eigenvalue weighted by molar-refractivity contribution is 5.55. The van der Waals surface area contributed by atoms with Gasteiger partial charge in [0.15, 0.2) is 0 Å². The third-order valence-corrected chi connectivity index (χ3v) is 3.99. The monoisotopic (exact) mass is 262 g/mol. The average molecular weight is 262 g/mol. The molecule has 2 N–H and O–H groups in total. The highest BCUT2D eigenvalue weighted by atomic mass is 15.1. The smallest absolute Gasteiger partial charge is 0.0399 e. The van der Waals surface area contributed by atoms with Crippen molar-refractivity contribution < 1.29 is 0 Å². The van der Waals surface area contributed by atoms with E-state index in [1.807, 2.05) is 0 Å². The summed E-state index contributed by atoms with van der Waals surface area (Å²) in [6.45, 7) is 8.85. The normalized spacial score (nSPS) is 14.2. The Morgan fingerprint density at radius 3 is 2.53 bits per heavy atom. The van der Waals surface area contributed by atoms with Crippen LogP contribution < -0.4 is 10.6 Å². The van der Waals surface area contributed by atoms with E-state index in [-0.39, 0.29) is 6.04 Å². The van der Waals surface area contributed by atoms with Gasteiger partial charge in [0.1, 0.15) is 0 Å². The first-order chi connectivity index (χ1) is 8.99. The van der Waals surface area contributed by atoms with Gasteiger partial charge in [-0.3, -0.25) is 0 Å². The predicted octanol–water partition coefficient (Wildman–Crippen LogP) is 3.90. The van der Waals surface area contributed by atoms with E-state index in [0.717, 1.165) is 12.8 Å². The maximum absolute atomic E-state index is 6.14. The molecule has 0 heterocycles. The van der Waals surface area contributed by atoms with E-state index in [9.17, 15) is 0 Å². The van der Waals surface area contributed by atoms with Gasteiger partial charge in [0.05, 0.1) is 0 Å². The summed E-state index contributed by atoms with van der Waals surface area (Å²) in [5.74, 6) is 0. The van der Waals surface area contributed by atoms with Gasteiger partial charge in [0, 0.05) is 24.8 Å². The predicted molar refractivity (Wildman–Crippen MR) is 85.9 cm³/mol. The van der Waals surface area contributed by atoms with Crippen LogP contribution in [0.1, 0.15) is 51.2 Å². The molecule has 0 aliphatic heterocycles. The van der Waals surface area contributed by atoms with E-state index in [4.69, 9.17) is 5.73 Å². The van der Waals surface area contributed by atoms with Crippen molar-refractivity contribution in [3.8, 4) is 0 Å². The lowest BCUT2D eigenvalue weighted by molar-refractivity contribution is 0.607. The summed E-state index contributed by atoms with van der Waals surface area (Å²) in [7, 11) is 2.20. The number of aryl methyl sites for hydroxylation is 1. The molecule has 2 unspecified atom stereocenters. The van der Waals surface area contributed by atoms with Gasteiger partial charge in [-0.05, 0) is 44.7 Å². The first-order valence-corrected chi connectivity index (χ1v) is 7.57. The molecule has 1 rings (SSSR count). The molecule has 0 saturated carbocycles. The molecule has 108 valence electrons. The van der Waals surface area contributed by atoms with Crippen LogP contribution in [0.2, 0.25) is 0 Å². The Labute approximate surface area is 119 Å². The molecule has 0 amide bonds. The number of rotatable bonds is 7. The fourth-order valence-corrected chi connectivity index (χ4v) is 2.50. The Morgan fingerprint density at radius 1 is 1.26 bits per heavy atom. The van der Waals surface area contributed by atoms with Gasteiger partial charge < -0.3 is 10.6 Å². The highest BCUT2D eigenvalue weighted by Gasteiger charge is 2.14. The fraction of sp³-hybridized carbons (Fsp3) is 0.647. The minimum absolute atomic E-state index is 0.260. The average Bonchev–Trinajstić information content (AvgIpc) is 2.38. The highest BCUT2D eigenvalue weighted by Crippen LogP contribution is 2.25. The van der Waals surface area contributed by atoms with Gasteiger partial charge in [-0.1, -0.05) is 38.0 Å². The standard InChI is InChI=1S/C17H30N2/c1-6-8-14(4)19(5)17-10-9-13(3)11-15(17)12-16(18)7-2/h9-11,14,16H,6-8,12,18H2,1-5H3. The quantitative estimate of drug-likeness (QED) is 0.807. The fourth-order valence-electron chi connectivity index (χ4n) is 2.50. The third-order valence-electron chi connectivity index (χ3n) is 3.99. The summed E-state index contributed by atoms with van der Waals surface area (Å²) in [5.41, 5.74) is 10.2. The van der Waals surface area contributed by atoms with E-state index in [2.05, 4.69) is 57.8 Å². The van der Waals surface area contributed by atoms with Gasteiger partial charge in [0.2, 0.25) is 0 Å². The zero-order chi connectivity index (χ0) is 14.4. The van der Waals surface area contributed by atoms with Gasteiger partial charge in [-0.25, -0.2) is 0 Å². The van der Waals surface area contributed by atoms with Crippen molar-refractivity contribution in [2.75, 3.05) is 11.9 Å². The molecule has 0 radical (unpaired) electrons. The largest absolute Gasteiger partial charge is 0.372 e. The van der Waals surface area contributed by atoms with Crippen LogP contribution in [0.25, 0.3) is 0 Å². The lowest BCUT2D eigenvalue weighted by Crippen LogP contribution is -2.30. The number of anilines is 1. The van der Waals surface area contributed by atoms with Gasteiger partial charge in [0.25, 0.3) is 0 Å². The molecule has 0 aromatic heterocycles. The Hall–Kier alpha value is -1.02. The summed E-state index contributed by atoms with van der Waals surface area (Å²) >= 11 is 0. The number of hydrogen-bond donors (Lipinski definition) is 1. The summed E-state index contributed by atoms with van der Waals surface area (Å²) in [5, 5.41) is 0. The first kappa shape index (κ1) is 16.0. The van der Waals surface area contributed by atoms with E-state index < -0.39 is 0 Å². The van der Waals surface area contributed by atoms with Crippen molar-refractivity contribution in [1.82, 2.24) is 0 Å². The molecule has 1 aromatic rings. The molecule has 0 aliphatic rings. The zero-order valence-electron chi connectivity index (χ0n) is 13.2. The van der Waals surface area contributed by atoms with Crippen LogP contribution in [0, 0.1) is 6.92 Å². The maximum Gasteiger partial charge on any atom is 0.0399 e. The topological polar surface area (TPSA) is 29.3 Å². The minimum Gasteiger partial charge on any atom is -0.372 e. The lowest BCUT2D eigenvalue weighted by atomic mass is 9.99. The van der Waals surface area contributed by atoms with Crippen LogP contribution >= 0.6 is 0 Å². The van der Waals surface area contributed by atoms with Crippen molar-refractivity contribution >= 4 is 5.69 Å². The Morgan fingerprint density at radius 2 is 1.95 bits per heavy atom. The van der Waals surface area contributed by atoms with Crippen molar-refractivity contribution in [2.24, 2.45) is 5.73 Å². The van der Waals surface area contributed by atoms with E-state index in [1.165, 1.54) is 29.7 Å². The molecule has 0 aliphatic carbocycles. The Kier molecular flexibility index (Phi) is 6.36. The molecule has 19 heavy (non-hydrogen) atoms. The van der Waals surface area contributed by atoms with E-state index >= 15 is 0 Å². The zero-order valence-corrected chi connectivity index (χ0v) is 13.2. The van der Waals surface area contributed by atoms with Crippen LogP contribution in [0.15, 0.2) is 18.2 Å². The van der Waals surface area contributed by atoms with Crippen LogP contribution in [0.5, 0.6) is 0 Å². The molecular weight excluding hydrogens is 232 g/mol. The van der Waals surface area contributed by atoms with Crippen LogP contribution in [-0.4, -0.2) is 19.1 Å². The van der Waals surface area contributed by atoms with Crippen LogP contribution in [0.3, 0.4) is 0 Å². The second kappa shape index (κ2) is 7.54. The van der Waals surface area contributed by atoms with Gasteiger partial charge in [-0.2, -0.15) is 0 Å². The van der Waals surface area contributed by atoms with Crippen molar-refractivity contribution in [1.29, 1.82) is 0 Å². The minimum atomic E-state index is 0.260. The Balaban J connectivity index is 2.98. The van der Waals surface area contributed by atoms with E-state index in [0.29, 0.717) is 6.04 Å². The number of hydrogen-bond acceptors (Lipinski definition) is 2. The Bertz CT molecular complexity index is 387. The molecule has 2 atom stereocenters. The molecule has 1 aromatic carbocycles. The van der Waals surface area contributed by atoms with Crippen molar-refractivity contribution in [3.05, 3.63) is 29.3 Å². The van der Waals surface area contributed by atoms with Crippen molar-refractivity contribution in [3.63, 3.8) is 0 Å². The summed E-state index contributed by atoms with van der Waals surface area (Å²) in [4.78, 5) is 2.40. The summed E-state index contributed by atoms with van der Waals surface area (Å²) < 4.78 is 0. The van der Waals surface area contributed by atoms with Crippen LogP contribution in [-0.2, 0) is 6.42 Å². The third kappa shape index (κ3) is 4.54. The van der Waals surface area contributed by atoms with Gasteiger partial charge in [-0.15, -0.1) is 0 Å². The summed E-state index contributed by atoms with van der Waals surface area (Å²) in [6.07, 6.45) is 4.45. The van der Waals surface area contributed by atoms with Gasteiger partial charge >= 0.3 is 0 Å². The van der Waals surface area contributed by atoms with Crippen LogP contribution in [0.4, 0.5) is 5.69 Å². The van der Waals surface area contributed by atoms with Crippen molar-refractivity contribution in [2.45, 2.75) is 65.5 Å². The molecule has 0 saturated heterocycles. The number of nitrogens with two attached hydrogens (primary N) is 1. The second-order valence-electron chi connectivity index (χ2n) is 5.75. The van der Waals surface area contributed by atoms with E-state index in [1.54, 1.807) is 0 Å². The lowest BCUT2D eigenvalue weighted by Gasteiger charge is -2.30. The molecule has 2 heteroatoms. The summed E-state index contributed by atoms with van der Waals surface area (Å²) in [6, 6.07) is 7.57. The number of benzene rings is 1. The number of nitrogens with zero attached hydrogens (tertiary/aromatic N) is 1. The maximum atomic E-state index is 6.14. The molecule has 0 spiro atoms.